The summed E-state index contributed by atoms with van der Waals surface area (Å²) in [5, 5.41) is 3.45. The lowest BCUT2D eigenvalue weighted by molar-refractivity contribution is -0.122. The zero-order valence-electron chi connectivity index (χ0n) is 19.0. The molecule has 1 aliphatic rings. The molecule has 2 aromatic rings. The van der Waals surface area contributed by atoms with Crippen LogP contribution in [0.25, 0.3) is 0 Å². The van der Waals surface area contributed by atoms with Crippen molar-refractivity contribution in [2.24, 2.45) is 16.6 Å². The number of piperidine rings is 1. The highest BCUT2D eigenvalue weighted by Gasteiger charge is 2.25. The number of halogens is 1. The van der Waals surface area contributed by atoms with Crippen molar-refractivity contribution in [2.75, 3.05) is 39.2 Å². The number of methoxy groups -OCH3 is 1. The number of pyridine rings is 1. The topological polar surface area (TPSA) is 96.1 Å². The second-order valence-corrected chi connectivity index (χ2v) is 7.75. The first-order valence-electron chi connectivity index (χ1n) is 10.5. The molecule has 174 valence electrons. The fourth-order valence-corrected chi connectivity index (χ4v) is 3.87. The number of guanidine groups is 1. The SMILES string of the molecule is CN=C(NCc1cccnc1N1CCC(C(N)=O)CC1)N(C)Cc1ccc(OC)cc1.I. The van der Waals surface area contributed by atoms with Gasteiger partial charge in [-0.1, -0.05) is 18.2 Å². The number of benzene rings is 1. The summed E-state index contributed by atoms with van der Waals surface area (Å²) < 4.78 is 5.23. The van der Waals surface area contributed by atoms with Crippen molar-refractivity contribution in [3.8, 4) is 5.75 Å². The number of carbonyl (C=O) groups excluding carboxylic acids is 1. The smallest absolute Gasteiger partial charge is 0.220 e. The van der Waals surface area contributed by atoms with E-state index in [9.17, 15) is 4.79 Å². The molecular weight excluding hydrogens is 519 g/mol. The second-order valence-electron chi connectivity index (χ2n) is 7.75. The molecule has 1 fully saturated rings. The van der Waals surface area contributed by atoms with Crippen LogP contribution in [0, 0.1) is 5.92 Å². The molecule has 3 N–H and O–H groups in total. The van der Waals surface area contributed by atoms with Crippen LogP contribution < -0.4 is 20.7 Å². The Kier molecular flexibility index (Phi) is 10.0. The van der Waals surface area contributed by atoms with Crippen molar-refractivity contribution in [2.45, 2.75) is 25.9 Å². The Morgan fingerprint density at radius 2 is 1.97 bits per heavy atom. The van der Waals surface area contributed by atoms with Crippen molar-refractivity contribution in [3.63, 3.8) is 0 Å². The summed E-state index contributed by atoms with van der Waals surface area (Å²) in [5.41, 5.74) is 7.74. The van der Waals surface area contributed by atoms with Gasteiger partial charge in [0.1, 0.15) is 11.6 Å². The van der Waals surface area contributed by atoms with Crippen molar-refractivity contribution in [1.82, 2.24) is 15.2 Å². The molecule has 32 heavy (non-hydrogen) atoms. The minimum atomic E-state index is -0.203. The number of rotatable bonds is 7. The van der Waals surface area contributed by atoms with Crippen LogP contribution in [0.1, 0.15) is 24.0 Å². The number of carbonyl (C=O) groups is 1. The largest absolute Gasteiger partial charge is 0.497 e. The summed E-state index contributed by atoms with van der Waals surface area (Å²) >= 11 is 0. The van der Waals surface area contributed by atoms with Gasteiger partial charge in [-0.05, 0) is 36.6 Å². The summed E-state index contributed by atoms with van der Waals surface area (Å²) in [6, 6.07) is 12.0. The standard InChI is InChI=1S/C23H32N6O2.HI/c1-25-23(28(2)16-17-6-8-20(31-3)9-7-17)27-15-19-5-4-12-26-22(19)29-13-10-18(11-14-29)21(24)30;/h4-9,12,18H,10-11,13-16H2,1-3H3,(H2,24,30)(H,25,27);1H. The maximum Gasteiger partial charge on any atom is 0.220 e. The van der Waals surface area contributed by atoms with Crippen LogP contribution in [-0.2, 0) is 17.9 Å². The first-order chi connectivity index (χ1) is 15.0. The molecule has 1 amide bonds. The van der Waals surface area contributed by atoms with Gasteiger partial charge in [0.2, 0.25) is 5.91 Å². The maximum absolute atomic E-state index is 11.5. The van der Waals surface area contributed by atoms with Crippen LogP contribution >= 0.6 is 24.0 Å². The van der Waals surface area contributed by atoms with E-state index in [0.717, 1.165) is 55.6 Å². The first kappa shape index (κ1) is 25.7. The van der Waals surface area contributed by atoms with Gasteiger partial charge >= 0.3 is 0 Å². The number of anilines is 1. The van der Waals surface area contributed by atoms with Gasteiger partial charge in [0, 0.05) is 58.0 Å². The van der Waals surface area contributed by atoms with E-state index in [0.29, 0.717) is 6.54 Å². The van der Waals surface area contributed by atoms with Crippen LogP contribution in [0.3, 0.4) is 0 Å². The van der Waals surface area contributed by atoms with Gasteiger partial charge in [0.25, 0.3) is 0 Å². The first-order valence-corrected chi connectivity index (χ1v) is 10.5. The van der Waals surface area contributed by atoms with E-state index >= 15 is 0 Å². The Hall–Kier alpha value is -2.56. The number of nitrogens with zero attached hydrogens (tertiary/aromatic N) is 4. The molecule has 0 bridgehead atoms. The molecule has 0 aliphatic carbocycles. The Bertz CT molecular complexity index is 898. The maximum atomic E-state index is 11.5. The number of nitrogens with two attached hydrogens (primary N) is 1. The zero-order chi connectivity index (χ0) is 22.2. The van der Waals surface area contributed by atoms with E-state index in [-0.39, 0.29) is 35.8 Å². The number of primary amides is 1. The number of aromatic nitrogens is 1. The molecule has 1 saturated heterocycles. The molecule has 8 nitrogen and oxygen atoms in total. The Morgan fingerprint density at radius 1 is 1.28 bits per heavy atom. The molecule has 3 rings (SSSR count). The van der Waals surface area contributed by atoms with Gasteiger partial charge in [0.05, 0.1) is 7.11 Å². The molecule has 0 saturated carbocycles. The number of aliphatic imine (C=N–C) groups is 1. The predicted octanol–water partition coefficient (Wildman–Crippen LogP) is 2.62. The molecule has 0 unspecified atom stereocenters. The van der Waals surface area contributed by atoms with Crippen LogP contribution in [-0.4, -0.2) is 56.0 Å². The van der Waals surface area contributed by atoms with Crippen LogP contribution in [0.5, 0.6) is 5.75 Å². The number of ether oxygens (including phenoxy) is 1. The quantitative estimate of drug-likeness (QED) is 0.312. The Balaban J connectivity index is 0.00000363. The number of nitrogens with one attached hydrogen (secondary N) is 1. The highest BCUT2D eigenvalue weighted by molar-refractivity contribution is 14.0. The summed E-state index contributed by atoms with van der Waals surface area (Å²) in [6.45, 7) is 2.90. The molecule has 0 atom stereocenters. The molecular formula is C23H33IN6O2. The Morgan fingerprint density at radius 3 is 2.56 bits per heavy atom. The second kappa shape index (κ2) is 12.5. The molecule has 2 heterocycles. The van der Waals surface area contributed by atoms with E-state index in [2.05, 4.69) is 43.3 Å². The number of amides is 1. The fourth-order valence-electron chi connectivity index (χ4n) is 3.87. The lowest BCUT2D eigenvalue weighted by atomic mass is 9.96. The van der Waals surface area contributed by atoms with Crippen LogP contribution in [0.2, 0.25) is 0 Å². The molecule has 1 aromatic carbocycles. The molecule has 9 heteroatoms. The van der Waals surface area contributed by atoms with Crippen molar-refractivity contribution in [3.05, 3.63) is 53.7 Å². The molecule has 1 aromatic heterocycles. The average molecular weight is 552 g/mol. The van der Waals surface area contributed by atoms with Crippen LogP contribution in [0.4, 0.5) is 5.82 Å². The van der Waals surface area contributed by atoms with Gasteiger partial charge in [-0.2, -0.15) is 0 Å². The zero-order valence-corrected chi connectivity index (χ0v) is 21.3. The predicted molar refractivity (Wildman–Crippen MR) is 138 cm³/mol. The van der Waals surface area contributed by atoms with E-state index in [1.807, 2.05) is 31.4 Å². The monoisotopic (exact) mass is 552 g/mol. The minimum Gasteiger partial charge on any atom is -0.497 e. The normalized spacial score (nSPS) is 14.5. The fraction of sp³-hybridized carbons (Fsp3) is 0.435. The third-order valence-electron chi connectivity index (χ3n) is 5.65. The molecule has 1 aliphatic heterocycles. The van der Waals surface area contributed by atoms with Gasteiger partial charge in [-0.3, -0.25) is 9.79 Å². The van der Waals surface area contributed by atoms with E-state index in [1.165, 1.54) is 5.56 Å². The van der Waals surface area contributed by atoms with Gasteiger partial charge in [-0.25, -0.2) is 4.98 Å². The van der Waals surface area contributed by atoms with Crippen molar-refractivity contribution in [1.29, 1.82) is 0 Å². The highest BCUT2D eigenvalue weighted by atomic mass is 127. The summed E-state index contributed by atoms with van der Waals surface area (Å²) in [7, 11) is 5.46. The van der Waals surface area contributed by atoms with Gasteiger partial charge < -0.3 is 25.6 Å². The Labute approximate surface area is 207 Å². The van der Waals surface area contributed by atoms with Gasteiger partial charge in [0.15, 0.2) is 5.96 Å². The van der Waals surface area contributed by atoms with E-state index < -0.39 is 0 Å². The van der Waals surface area contributed by atoms with E-state index in [1.54, 1.807) is 14.2 Å². The third-order valence-corrected chi connectivity index (χ3v) is 5.65. The van der Waals surface area contributed by atoms with Gasteiger partial charge in [-0.15, -0.1) is 24.0 Å². The lowest BCUT2D eigenvalue weighted by Crippen LogP contribution is -2.40. The molecule has 0 radical (unpaired) electrons. The summed E-state index contributed by atoms with van der Waals surface area (Å²) in [6.07, 6.45) is 3.35. The average Bonchev–Trinajstić information content (AvgIpc) is 2.80. The summed E-state index contributed by atoms with van der Waals surface area (Å²) in [4.78, 5) is 24.8. The number of hydrogen-bond acceptors (Lipinski definition) is 5. The molecule has 0 spiro atoms. The summed E-state index contributed by atoms with van der Waals surface area (Å²) in [5.74, 6) is 2.36. The highest BCUT2D eigenvalue weighted by Crippen LogP contribution is 2.24. The van der Waals surface area contributed by atoms with Crippen molar-refractivity contribution >= 4 is 41.7 Å². The van der Waals surface area contributed by atoms with E-state index in [4.69, 9.17) is 10.5 Å². The van der Waals surface area contributed by atoms with Crippen molar-refractivity contribution < 1.29 is 9.53 Å². The third kappa shape index (κ3) is 6.72. The number of hydrogen-bond donors (Lipinski definition) is 2. The van der Waals surface area contributed by atoms with Crippen LogP contribution in [0.15, 0.2) is 47.6 Å². The lowest BCUT2D eigenvalue weighted by Gasteiger charge is -2.32. The minimum absolute atomic E-state index is 0.